The van der Waals surface area contributed by atoms with Crippen molar-refractivity contribution in [2.45, 2.75) is 43.5 Å². The Labute approximate surface area is 123 Å². The van der Waals surface area contributed by atoms with Gasteiger partial charge in [0.05, 0.1) is 10.2 Å². The van der Waals surface area contributed by atoms with Gasteiger partial charge in [0.1, 0.15) is 0 Å². The van der Waals surface area contributed by atoms with Gasteiger partial charge in [0.15, 0.2) is 4.34 Å². The number of nitrogens with one attached hydrogen (secondary N) is 1. The predicted octanol–water partition coefficient (Wildman–Crippen LogP) is 4.72. The van der Waals surface area contributed by atoms with E-state index in [0.717, 1.165) is 21.7 Å². The predicted molar refractivity (Wildman–Crippen MR) is 84.6 cm³/mol. The fourth-order valence-electron chi connectivity index (χ4n) is 2.86. The molecule has 4 heteroatoms. The van der Waals surface area contributed by atoms with Gasteiger partial charge in [-0.15, -0.1) is 11.3 Å². The highest BCUT2D eigenvalue weighted by Gasteiger charge is 2.25. The number of para-hydroxylation sites is 1. The maximum Gasteiger partial charge on any atom is 0.166 e. The normalized spacial score (nSPS) is 27.8. The monoisotopic (exact) mass is 292 g/mol. The molecule has 3 rings (SSSR count). The summed E-state index contributed by atoms with van der Waals surface area (Å²) >= 11 is 3.49. The van der Waals surface area contributed by atoms with Crippen molar-refractivity contribution < 1.29 is 0 Å². The summed E-state index contributed by atoms with van der Waals surface area (Å²) < 4.78 is 6.04. The van der Waals surface area contributed by atoms with E-state index in [1.54, 1.807) is 23.3 Å². The van der Waals surface area contributed by atoms with E-state index in [4.69, 9.17) is 0 Å². The summed E-state index contributed by atoms with van der Waals surface area (Å²) in [5, 5.41) is 0. The lowest BCUT2D eigenvalue weighted by Crippen LogP contribution is -2.35. The zero-order valence-electron chi connectivity index (χ0n) is 11.4. The lowest BCUT2D eigenvalue weighted by molar-refractivity contribution is 0.253. The van der Waals surface area contributed by atoms with Crippen LogP contribution in [0.15, 0.2) is 28.6 Å². The second-order valence-electron chi connectivity index (χ2n) is 5.67. The molecule has 0 amide bonds. The van der Waals surface area contributed by atoms with Crippen LogP contribution in [0.25, 0.3) is 10.2 Å². The van der Waals surface area contributed by atoms with Crippen molar-refractivity contribution in [3.05, 3.63) is 24.3 Å². The first-order chi connectivity index (χ1) is 9.22. The van der Waals surface area contributed by atoms with E-state index in [1.165, 1.54) is 24.0 Å². The number of fused-ring (bicyclic) bond motifs is 1. The zero-order chi connectivity index (χ0) is 13.2. The second kappa shape index (κ2) is 5.81. The van der Waals surface area contributed by atoms with Crippen LogP contribution in [0.2, 0.25) is 0 Å². The van der Waals surface area contributed by atoms with Crippen LogP contribution in [0.1, 0.15) is 33.1 Å². The summed E-state index contributed by atoms with van der Waals surface area (Å²) in [7, 11) is 0. The van der Waals surface area contributed by atoms with Gasteiger partial charge in [-0.05, 0) is 55.2 Å². The summed E-state index contributed by atoms with van der Waals surface area (Å²) in [5.41, 5.74) is 1.11. The van der Waals surface area contributed by atoms with Crippen LogP contribution in [0.4, 0.5) is 0 Å². The number of hydrogen-bond acceptors (Lipinski definition) is 4. The van der Waals surface area contributed by atoms with Crippen molar-refractivity contribution in [3.63, 3.8) is 0 Å². The van der Waals surface area contributed by atoms with Gasteiger partial charge in [-0.3, -0.25) is 4.72 Å². The molecule has 0 spiro atoms. The molecule has 1 aliphatic carbocycles. The van der Waals surface area contributed by atoms with E-state index in [0.29, 0.717) is 6.04 Å². The van der Waals surface area contributed by atoms with Crippen LogP contribution in [-0.4, -0.2) is 11.0 Å². The van der Waals surface area contributed by atoms with E-state index >= 15 is 0 Å². The van der Waals surface area contributed by atoms with Crippen molar-refractivity contribution in [2.75, 3.05) is 0 Å². The Morgan fingerprint density at radius 3 is 2.89 bits per heavy atom. The van der Waals surface area contributed by atoms with Gasteiger partial charge in [0.25, 0.3) is 0 Å². The third-order valence-electron chi connectivity index (χ3n) is 4.00. The first-order valence-electron chi connectivity index (χ1n) is 7.00. The first kappa shape index (κ1) is 13.4. The topological polar surface area (TPSA) is 24.9 Å². The quantitative estimate of drug-likeness (QED) is 0.829. The highest BCUT2D eigenvalue weighted by atomic mass is 32.2. The number of nitrogens with zero attached hydrogens (tertiary/aromatic N) is 1. The number of thiazole rings is 1. The fourth-order valence-corrected chi connectivity index (χ4v) is 4.88. The minimum absolute atomic E-state index is 0.633. The summed E-state index contributed by atoms with van der Waals surface area (Å²) in [5.74, 6) is 1.66. The van der Waals surface area contributed by atoms with Crippen LogP contribution >= 0.6 is 23.3 Å². The Hall–Kier alpha value is -0.580. The molecule has 0 aliphatic heterocycles. The molecule has 3 atom stereocenters. The average Bonchev–Trinajstić information content (AvgIpc) is 2.80. The smallest absolute Gasteiger partial charge is 0.166 e. The molecule has 1 N–H and O–H groups in total. The minimum Gasteiger partial charge on any atom is -0.255 e. The van der Waals surface area contributed by atoms with Crippen molar-refractivity contribution in [1.29, 1.82) is 0 Å². The van der Waals surface area contributed by atoms with E-state index in [2.05, 4.69) is 47.8 Å². The van der Waals surface area contributed by atoms with E-state index in [9.17, 15) is 0 Å². The molecule has 3 unspecified atom stereocenters. The fraction of sp³-hybridized carbons (Fsp3) is 0.533. The lowest BCUT2D eigenvalue weighted by atomic mass is 9.80. The molecule has 1 aliphatic rings. The van der Waals surface area contributed by atoms with Gasteiger partial charge >= 0.3 is 0 Å². The molecule has 2 aromatic rings. The largest absolute Gasteiger partial charge is 0.255 e. The lowest BCUT2D eigenvalue weighted by Gasteiger charge is -2.32. The molecule has 2 nitrogen and oxygen atoms in total. The molecular formula is C15H20N2S2. The van der Waals surface area contributed by atoms with Crippen molar-refractivity contribution in [1.82, 2.24) is 9.71 Å². The maximum atomic E-state index is 4.66. The minimum atomic E-state index is 0.633. The van der Waals surface area contributed by atoms with Crippen molar-refractivity contribution in [2.24, 2.45) is 11.8 Å². The second-order valence-corrected chi connectivity index (χ2v) is 7.79. The third-order valence-corrected chi connectivity index (χ3v) is 6.02. The Bertz CT molecular complexity index is 519. The highest BCUT2D eigenvalue weighted by molar-refractivity contribution is 7.99. The highest BCUT2D eigenvalue weighted by Crippen LogP contribution is 2.32. The molecule has 0 radical (unpaired) electrons. The van der Waals surface area contributed by atoms with E-state index in [1.807, 2.05) is 0 Å². The molecular weight excluding hydrogens is 272 g/mol. The Kier molecular flexibility index (Phi) is 4.10. The van der Waals surface area contributed by atoms with Gasteiger partial charge < -0.3 is 0 Å². The van der Waals surface area contributed by atoms with Gasteiger partial charge in [0, 0.05) is 6.04 Å². The molecule has 0 bridgehead atoms. The van der Waals surface area contributed by atoms with Gasteiger partial charge in [-0.25, -0.2) is 4.98 Å². The van der Waals surface area contributed by atoms with Gasteiger partial charge in [-0.2, -0.15) is 0 Å². The average molecular weight is 292 g/mol. The van der Waals surface area contributed by atoms with Gasteiger partial charge in [0.2, 0.25) is 0 Å². The summed E-state index contributed by atoms with van der Waals surface area (Å²) in [4.78, 5) is 4.66. The molecule has 1 saturated carbocycles. The number of benzene rings is 1. The number of aromatic nitrogens is 1. The molecule has 1 aromatic heterocycles. The molecule has 102 valence electrons. The Morgan fingerprint density at radius 1 is 1.26 bits per heavy atom. The summed E-state index contributed by atoms with van der Waals surface area (Å²) in [6.45, 7) is 4.74. The van der Waals surface area contributed by atoms with Crippen LogP contribution < -0.4 is 4.72 Å². The van der Waals surface area contributed by atoms with Crippen LogP contribution in [-0.2, 0) is 0 Å². The number of rotatable bonds is 3. The SMILES string of the molecule is CC1CCC(NSc2nc3ccccc3s2)C(C)C1. The van der Waals surface area contributed by atoms with Crippen LogP contribution in [0, 0.1) is 11.8 Å². The molecule has 1 aromatic carbocycles. The van der Waals surface area contributed by atoms with E-state index in [-0.39, 0.29) is 0 Å². The molecule has 1 heterocycles. The molecule has 19 heavy (non-hydrogen) atoms. The Balaban J connectivity index is 1.62. The zero-order valence-corrected chi connectivity index (χ0v) is 13.1. The third kappa shape index (κ3) is 3.12. The maximum absolute atomic E-state index is 4.66. The summed E-state index contributed by atoms with van der Waals surface area (Å²) in [6.07, 6.45) is 3.99. The molecule has 1 fully saturated rings. The Morgan fingerprint density at radius 2 is 2.11 bits per heavy atom. The van der Waals surface area contributed by atoms with Crippen molar-refractivity contribution in [3.8, 4) is 0 Å². The van der Waals surface area contributed by atoms with E-state index < -0.39 is 0 Å². The summed E-state index contributed by atoms with van der Waals surface area (Å²) in [6, 6.07) is 8.98. The van der Waals surface area contributed by atoms with Gasteiger partial charge in [-0.1, -0.05) is 26.0 Å². The first-order valence-corrected chi connectivity index (χ1v) is 8.63. The van der Waals surface area contributed by atoms with Crippen molar-refractivity contribution >= 4 is 33.5 Å². The van der Waals surface area contributed by atoms with Crippen LogP contribution in [0.5, 0.6) is 0 Å². The number of hydrogen-bond donors (Lipinski definition) is 1. The molecule has 0 saturated heterocycles. The standard InChI is InChI=1S/C15H20N2S2/c1-10-7-8-12(11(2)9-10)17-19-15-16-13-5-3-4-6-14(13)18-15/h3-6,10-12,17H,7-9H2,1-2H3. The van der Waals surface area contributed by atoms with Crippen LogP contribution in [0.3, 0.4) is 0 Å².